The highest BCUT2D eigenvalue weighted by Gasteiger charge is 2.16. The van der Waals surface area contributed by atoms with Crippen molar-refractivity contribution in [3.63, 3.8) is 0 Å². The first-order valence-electron chi connectivity index (χ1n) is 7.30. The number of rotatable bonds is 5. The summed E-state index contributed by atoms with van der Waals surface area (Å²) in [6, 6.07) is 8.55. The number of aromatic nitrogens is 2. The maximum atomic E-state index is 6.08. The second-order valence-electron chi connectivity index (χ2n) is 5.39. The van der Waals surface area contributed by atoms with Gasteiger partial charge >= 0.3 is 0 Å². The number of halogens is 1. The molecular formula is C15H19ClN4OS. The van der Waals surface area contributed by atoms with Gasteiger partial charge in [-0.15, -0.1) is 5.10 Å². The molecule has 1 fully saturated rings. The Hall–Kier alpha value is -1.21. The van der Waals surface area contributed by atoms with Crippen LogP contribution in [0.15, 0.2) is 24.3 Å². The minimum Gasteiger partial charge on any atom is -0.378 e. The minimum absolute atomic E-state index is 0.674. The molecule has 0 atom stereocenters. The summed E-state index contributed by atoms with van der Waals surface area (Å²) in [6.07, 6.45) is 0. The highest BCUT2D eigenvalue weighted by molar-refractivity contribution is 7.10. The van der Waals surface area contributed by atoms with Gasteiger partial charge in [0.05, 0.1) is 13.2 Å². The van der Waals surface area contributed by atoms with Gasteiger partial charge in [0.2, 0.25) is 0 Å². The van der Waals surface area contributed by atoms with E-state index in [1.54, 1.807) is 0 Å². The molecule has 1 aliphatic heterocycles. The number of hydrogen-bond donors (Lipinski definition) is 0. The summed E-state index contributed by atoms with van der Waals surface area (Å²) >= 11 is 7.32. The van der Waals surface area contributed by atoms with E-state index in [0.29, 0.717) is 10.9 Å². The summed E-state index contributed by atoms with van der Waals surface area (Å²) < 4.78 is 10.0. The zero-order valence-electron chi connectivity index (χ0n) is 12.5. The van der Waals surface area contributed by atoms with Crippen LogP contribution >= 0.6 is 23.1 Å². The molecule has 1 aliphatic rings. The Kier molecular flexibility index (Phi) is 5.25. The Labute approximate surface area is 139 Å². The maximum Gasteiger partial charge on any atom is 0.138 e. The monoisotopic (exact) mass is 338 g/mol. The fourth-order valence-corrected chi connectivity index (χ4v) is 3.26. The molecule has 0 saturated carbocycles. The van der Waals surface area contributed by atoms with Crippen molar-refractivity contribution in [1.82, 2.24) is 14.5 Å². The van der Waals surface area contributed by atoms with Crippen molar-refractivity contribution in [1.29, 1.82) is 0 Å². The smallest absolute Gasteiger partial charge is 0.138 e. The number of ether oxygens (including phenoxy) is 1. The first-order chi connectivity index (χ1) is 10.7. The van der Waals surface area contributed by atoms with Gasteiger partial charge in [-0.3, -0.25) is 4.90 Å². The van der Waals surface area contributed by atoms with Gasteiger partial charge in [-0.05, 0) is 18.7 Å². The van der Waals surface area contributed by atoms with Crippen molar-refractivity contribution in [2.75, 3.05) is 38.3 Å². The van der Waals surface area contributed by atoms with E-state index >= 15 is 0 Å². The molecule has 3 rings (SSSR count). The lowest BCUT2D eigenvalue weighted by molar-refractivity contribution is 0.122. The van der Waals surface area contributed by atoms with Crippen LogP contribution in [0.1, 0.15) is 11.3 Å². The van der Waals surface area contributed by atoms with Crippen molar-refractivity contribution >= 4 is 28.8 Å². The number of nitrogens with zero attached hydrogens (tertiary/aromatic N) is 4. The van der Waals surface area contributed by atoms with Crippen LogP contribution in [0, 0.1) is 0 Å². The molecule has 5 nitrogen and oxygen atoms in total. The average Bonchev–Trinajstić information content (AvgIpc) is 2.94. The molecule has 2 heterocycles. The van der Waals surface area contributed by atoms with Crippen molar-refractivity contribution < 1.29 is 4.74 Å². The Morgan fingerprint density at radius 3 is 2.77 bits per heavy atom. The fraction of sp³-hybridized carbons (Fsp3) is 0.467. The lowest BCUT2D eigenvalue weighted by atomic mass is 10.1. The largest absolute Gasteiger partial charge is 0.378 e. The number of para-hydroxylation sites is 1. The molecule has 0 amide bonds. The molecule has 1 saturated heterocycles. The van der Waals surface area contributed by atoms with Crippen molar-refractivity contribution in [2.24, 2.45) is 0 Å². The number of benzene rings is 1. The van der Waals surface area contributed by atoms with Gasteiger partial charge in [-0.2, -0.15) is 0 Å². The van der Waals surface area contributed by atoms with Crippen LogP contribution in [0.3, 0.4) is 0 Å². The number of morpholine rings is 1. The van der Waals surface area contributed by atoms with E-state index in [4.69, 9.17) is 16.3 Å². The molecule has 1 aromatic carbocycles. The highest BCUT2D eigenvalue weighted by atomic mass is 35.5. The fourth-order valence-electron chi connectivity index (χ4n) is 2.65. The van der Waals surface area contributed by atoms with Gasteiger partial charge < -0.3 is 9.64 Å². The molecule has 1 aromatic heterocycles. The van der Waals surface area contributed by atoms with Crippen LogP contribution in [-0.4, -0.2) is 47.8 Å². The molecule has 2 aromatic rings. The van der Waals surface area contributed by atoms with Crippen molar-refractivity contribution in [3.05, 3.63) is 39.9 Å². The first kappa shape index (κ1) is 15.7. The average molecular weight is 339 g/mol. The van der Waals surface area contributed by atoms with E-state index in [9.17, 15) is 0 Å². The zero-order chi connectivity index (χ0) is 15.4. The summed E-state index contributed by atoms with van der Waals surface area (Å²) in [5.74, 6) is 0. The van der Waals surface area contributed by atoms with E-state index in [2.05, 4.69) is 50.7 Å². The Morgan fingerprint density at radius 1 is 1.27 bits per heavy atom. The summed E-state index contributed by atoms with van der Waals surface area (Å²) in [6.45, 7) is 5.04. The molecule has 22 heavy (non-hydrogen) atoms. The highest BCUT2D eigenvalue weighted by Crippen LogP contribution is 2.24. The summed E-state index contributed by atoms with van der Waals surface area (Å²) in [4.78, 5) is 4.60. The third-order valence-electron chi connectivity index (χ3n) is 3.71. The molecule has 0 unspecified atom stereocenters. The van der Waals surface area contributed by atoms with Crippen LogP contribution in [0.2, 0.25) is 4.34 Å². The standard InChI is InChI=1S/C15H19ClN4OS/c1-19(11-13-15(16)22-18-17-13)10-12-4-2-3-5-14(12)20-6-8-21-9-7-20/h2-5H,6-11H2,1H3. The SMILES string of the molecule is CN(Cc1ccccc1N1CCOCC1)Cc1nnsc1Cl. The van der Waals surface area contributed by atoms with E-state index < -0.39 is 0 Å². The lowest BCUT2D eigenvalue weighted by Crippen LogP contribution is -2.37. The van der Waals surface area contributed by atoms with Crippen LogP contribution in [0.5, 0.6) is 0 Å². The van der Waals surface area contributed by atoms with E-state index in [1.807, 2.05) is 0 Å². The Bertz CT molecular complexity index is 615. The second-order valence-corrected chi connectivity index (χ2v) is 6.75. The summed E-state index contributed by atoms with van der Waals surface area (Å²) in [5, 5.41) is 4.08. The predicted molar refractivity (Wildman–Crippen MR) is 89.6 cm³/mol. The topological polar surface area (TPSA) is 41.5 Å². The first-order valence-corrected chi connectivity index (χ1v) is 8.45. The maximum absolute atomic E-state index is 6.08. The van der Waals surface area contributed by atoms with Gasteiger partial charge in [0.1, 0.15) is 10.0 Å². The zero-order valence-corrected chi connectivity index (χ0v) is 14.1. The molecular weight excluding hydrogens is 320 g/mol. The number of anilines is 1. The van der Waals surface area contributed by atoms with E-state index in [1.165, 1.54) is 22.8 Å². The molecule has 0 N–H and O–H groups in total. The van der Waals surface area contributed by atoms with Gasteiger partial charge in [0, 0.05) is 43.4 Å². The molecule has 0 radical (unpaired) electrons. The Morgan fingerprint density at radius 2 is 2.05 bits per heavy atom. The number of hydrogen-bond acceptors (Lipinski definition) is 6. The van der Waals surface area contributed by atoms with Gasteiger partial charge in [0.15, 0.2) is 0 Å². The normalized spacial score (nSPS) is 15.5. The predicted octanol–water partition coefficient (Wildman–Crippen LogP) is 2.66. The second kappa shape index (κ2) is 7.37. The van der Waals surface area contributed by atoms with E-state index in [-0.39, 0.29) is 0 Å². The van der Waals surface area contributed by atoms with Crippen molar-refractivity contribution in [2.45, 2.75) is 13.1 Å². The van der Waals surface area contributed by atoms with Crippen LogP contribution in [0.25, 0.3) is 0 Å². The summed E-state index contributed by atoms with van der Waals surface area (Å²) in [7, 11) is 2.08. The third-order valence-corrected chi connectivity index (χ3v) is 4.70. The molecule has 0 spiro atoms. The molecule has 118 valence electrons. The van der Waals surface area contributed by atoms with Gasteiger partial charge in [0.25, 0.3) is 0 Å². The lowest BCUT2D eigenvalue weighted by Gasteiger charge is -2.31. The van der Waals surface area contributed by atoms with Gasteiger partial charge in [-0.25, -0.2) is 0 Å². The summed E-state index contributed by atoms with van der Waals surface area (Å²) in [5.41, 5.74) is 3.45. The van der Waals surface area contributed by atoms with Crippen LogP contribution in [-0.2, 0) is 17.8 Å². The van der Waals surface area contributed by atoms with E-state index in [0.717, 1.165) is 38.5 Å². The molecule has 0 bridgehead atoms. The van der Waals surface area contributed by atoms with Gasteiger partial charge in [-0.1, -0.05) is 34.3 Å². The van der Waals surface area contributed by atoms with Crippen molar-refractivity contribution in [3.8, 4) is 0 Å². The quantitative estimate of drug-likeness (QED) is 0.838. The van der Waals surface area contributed by atoms with Crippen LogP contribution in [0.4, 0.5) is 5.69 Å². The minimum atomic E-state index is 0.674. The molecule has 0 aliphatic carbocycles. The van der Waals surface area contributed by atoms with Crippen LogP contribution < -0.4 is 4.90 Å². The molecule has 7 heteroatoms. The third kappa shape index (κ3) is 3.76. The Balaban J connectivity index is 1.70.